The molecule has 8 aromatic carbocycles. The van der Waals surface area contributed by atoms with Crippen LogP contribution in [0, 0.1) is 5.41 Å². The molecule has 0 fully saturated rings. The molecule has 0 bridgehead atoms. The van der Waals surface area contributed by atoms with E-state index in [0.717, 1.165) is 22.2 Å². The molecule has 49 heavy (non-hydrogen) atoms. The van der Waals surface area contributed by atoms with Crippen molar-refractivity contribution in [3.05, 3.63) is 182 Å². The molecule has 0 saturated carbocycles. The van der Waals surface area contributed by atoms with Gasteiger partial charge in [-0.15, -0.1) is 0 Å². The van der Waals surface area contributed by atoms with Gasteiger partial charge in [0.2, 0.25) is 0 Å². The molecule has 0 unspecified atom stereocenters. The number of benzene rings is 8. The normalized spacial score (nSPS) is 12.0. The highest BCUT2D eigenvalue weighted by Crippen LogP contribution is 2.40. The maximum atomic E-state index is 7.92. The molecule has 9 aromatic rings. The third-order valence-corrected chi connectivity index (χ3v) is 9.84. The number of nitrogens with one attached hydrogen (secondary N) is 1. The van der Waals surface area contributed by atoms with Crippen molar-refractivity contribution in [1.82, 2.24) is 4.57 Å². The highest BCUT2D eigenvalue weighted by molar-refractivity contribution is 6.20. The Labute approximate surface area is 285 Å². The van der Waals surface area contributed by atoms with Gasteiger partial charge in [0.15, 0.2) is 0 Å². The third-order valence-electron chi connectivity index (χ3n) is 9.84. The van der Waals surface area contributed by atoms with E-state index in [0.29, 0.717) is 0 Å². The Morgan fingerprint density at radius 2 is 1.16 bits per heavy atom. The fourth-order valence-corrected chi connectivity index (χ4v) is 7.53. The quantitative estimate of drug-likeness (QED) is 0.108. The van der Waals surface area contributed by atoms with Crippen LogP contribution in [-0.4, -0.2) is 10.8 Å². The molecule has 2 heteroatoms. The number of aromatic nitrogens is 1. The molecule has 0 amide bonds. The van der Waals surface area contributed by atoms with E-state index in [1.807, 2.05) is 6.08 Å². The predicted octanol–water partition coefficient (Wildman–Crippen LogP) is 12.8. The van der Waals surface area contributed by atoms with Crippen LogP contribution in [0.15, 0.2) is 176 Å². The number of rotatable bonds is 6. The topological polar surface area (TPSA) is 28.8 Å². The molecule has 0 atom stereocenters. The maximum absolute atomic E-state index is 7.92. The maximum Gasteiger partial charge on any atom is 0.0619 e. The summed E-state index contributed by atoms with van der Waals surface area (Å²) in [6.07, 6.45) is 5.00. The summed E-state index contributed by atoms with van der Waals surface area (Å²) < 4.78 is 2.41. The monoisotopic (exact) mass is 624 g/mol. The molecule has 230 valence electrons. The first-order valence-corrected chi connectivity index (χ1v) is 16.6. The molecular weight excluding hydrogens is 593 g/mol. The second kappa shape index (κ2) is 11.6. The molecule has 0 saturated heterocycles. The van der Waals surface area contributed by atoms with Crippen LogP contribution in [-0.2, 0) is 0 Å². The van der Waals surface area contributed by atoms with Gasteiger partial charge in [-0.2, -0.15) is 0 Å². The van der Waals surface area contributed by atoms with Crippen molar-refractivity contribution in [1.29, 1.82) is 5.41 Å². The van der Waals surface area contributed by atoms with Gasteiger partial charge < -0.3 is 9.98 Å². The number of fused-ring (bicyclic) bond motifs is 8. The fourth-order valence-electron chi connectivity index (χ4n) is 7.53. The summed E-state index contributed by atoms with van der Waals surface area (Å²) >= 11 is 0. The Morgan fingerprint density at radius 3 is 1.96 bits per heavy atom. The van der Waals surface area contributed by atoms with Crippen LogP contribution in [0.2, 0.25) is 0 Å². The van der Waals surface area contributed by atoms with E-state index in [4.69, 9.17) is 5.41 Å². The van der Waals surface area contributed by atoms with E-state index in [1.54, 1.807) is 6.08 Å². The Hall–Kier alpha value is -6.51. The predicted molar refractivity (Wildman–Crippen MR) is 211 cm³/mol. The van der Waals surface area contributed by atoms with Crippen molar-refractivity contribution in [3.8, 4) is 27.9 Å². The average Bonchev–Trinajstić information content (AvgIpc) is 3.51. The SMILES string of the molecule is C=C/C=C(\C=N)c1ccc2c(ccc3c4ccc(-c5ccc(-c6cc7ccccc7c7ccccc67)cc5)cc4n(-c4ccccc4)c23)c1. The summed E-state index contributed by atoms with van der Waals surface area (Å²) in [6, 6.07) is 57.2. The van der Waals surface area contributed by atoms with E-state index >= 15 is 0 Å². The zero-order chi connectivity index (χ0) is 32.9. The van der Waals surface area contributed by atoms with Crippen LogP contribution < -0.4 is 0 Å². The smallest absolute Gasteiger partial charge is 0.0619 e. The summed E-state index contributed by atoms with van der Waals surface area (Å²) in [5, 5.41) is 17.8. The van der Waals surface area contributed by atoms with Crippen molar-refractivity contribution in [3.63, 3.8) is 0 Å². The van der Waals surface area contributed by atoms with Gasteiger partial charge >= 0.3 is 0 Å². The molecule has 1 heterocycles. The van der Waals surface area contributed by atoms with Gasteiger partial charge in [-0.05, 0) is 90.7 Å². The molecule has 0 spiro atoms. The number of para-hydroxylation sites is 1. The first-order valence-electron chi connectivity index (χ1n) is 16.6. The van der Waals surface area contributed by atoms with Gasteiger partial charge in [-0.3, -0.25) is 0 Å². The highest BCUT2D eigenvalue weighted by Gasteiger charge is 2.17. The van der Waals surface area contributed by atoms with Crippen LogP contribution in [0.4, 0.5) is 0 Å². The first kappa shape index (κ1) is 28.7. The van der Waals surface area contributed by atoms with E-state index in [1.165, 1.54) is 77.2 Å². The Morgan fingerprint density at radius 1 is 0.510 bits per heavy atom. The third kappa shape index (κ3) is 4.69. The second-order valence-electron chi connectivity index (χ2n) is 12.6. The van der Waals surface area contributed by atoms with Crippen molar-refractivity contribution in [2.45, 2.75) is 0 Å². The summed E-state index contributed by atoms with van der Waals surface area (Å²) in [5.74, 6) is 0. The number of hydrogen-bond donors (Lipinski definition) is 1. The van der Waals surface area contributed by atoms with Gasteiger partial charge in [0, 0.05) is 28.1 Å². The summed E-state index contributed by atoms with van der Waals surface area (Å²) in [7, 11) is 0. The Bertz CT molecular complexity index is 2780. The fraction of sp³-hybridized carbons (Fsp3) is 0. The minimum Gasteiger partial charge on any atom is -0.309 e. The van der Waals surface area contributed by atoms with Crippen molar-refractivity contribution < 1.29 is 0 Å². The molecule has 2 nitrogen and oxygen atoms in total. The van der Waals surface area contributed by atoms with E-state index in [-0.39, 0.29) is 0 Å². The average molecular weight is 625 g/mol. The number of hydrogen-bond acceptors (Lipinski definition) is 1. The molecule has 0 radical (unpaired) electrons. The van der Waals surface area contributed by atoms with Crippen molar-refractivity contribution >= 4 is 65.9 Å². The molecule has 0 aliphatic rings. The zero-order valence-electron chi connectivity index (χ0n) is 26.9. The van der Waals surface area contributed by atoms with Gasteiger partial charge in [-0.1, -0.05) is 146 Å². The zero-order valence-corrected chi connectivity index (χ0v) is 26.9. The van der Waals surface area contributed by atoms with Crippen LogP contribution in [0.3, 0.4) is 0 Å². The number of nitrogens with zero attached hydrogens (tertiary/aromatic N) is 1. The van der Waals surface area contributed by atoms with Gasteiger partial charge in [0.1, 0.15) is 0 Å². The summed E-state index contributed by atoms with van der Waals surface area (Å²) in [4.78, 5) is 0. The van der Waals surface area contributed by atoms with E-state index < -0.39 is 0 Å². The van der Waals surface area contributed by atoms with Crippen LogP contribution in [0.5, 0.6) is 0 Å². The largest absolute Gasteiger partial charge is 0.309 e. The van der Waals surface area contributed by atoms with Crippen LogP contribution in [0.25, 0.3) is 87.6 Å². The lowest BCUT2D eigenvalue weighted by Gasteiger charge is -2.12. The highest BCUT2D eigenvalue weighted by atomic mass is 15.0. The molecule has 1 N–H and O–H groups in total. The lowest BCUT2D eigenvalue weighted by Crippen LogP contribution is -1.95. The first-order chi connectivity index (χ1) is 24.2. The van der Waals surface area contributed by atoms with E-state index in [9.17, 15) is 0 Å². The minimum atomic E-state index is 0.838. The molecule has 0 aliphatic carbocycles. The molecule has 9 rings (SSSR count). The molecule has 0 aliphatic heterocycles. The molecule has 1 aromatic heterocycles. The van der Waals surface area contributed by atoms with Crippen LogP contribution in [0.1, 0.15) is 5.56 Å². The number of allylic oxidation sites excluding steroid dienone is 3. The van der Waals surface area contributed by atoms with Gasteiger partial charge in [0.25, 0.3) is 0 Å². The van der Waals surface area contributed by atoms with Gasteiger partial charge in [-0.25, -0.2) is 0 Å². The Kier molecular flexibility index (Phi) is 6.81. The van der Waals surface area contributed by atoms with E-state index in [2.05, 4.69) is 169 Å². The van der Waals surface area contributed by atoms with Crippen LogP contribution >= 0.6 is 0 Å². The van der Waals surface area contributed by atoms with Crippen molar-refractivity contribution in [2.75, 3.05) is 0 Å². The molecular formula is C47H32N2. The summed E-state index contributed by atoms with van der Waals surface area (Å²) in [5.41, 5.74) is 10.2. The lowest BCUT2D eigenvalue weighted by atomic mass is 9.92. The lowest BCUT2D eigenvalue weighted by molar-refractivity contribution is 1.19. The Balaban J connectivity index is 1.21. The van der Waals surface area contributed by atoms with Crippen molar-refractivity contribution in [2.24, 2.45) is 0 Å². The summed E-state index contributed by atoms with van der Waals surface area (Å²) in [6.45, 7) is 3.83. The second-order valence-corrected chi connectivity index (χ2v) is 12.6. The van der Waals surface area contributed by atoms with Gasteiger partial charge in [0.05, 0.1) is 11.0 Å². The minimum absolute atomic E-state index is 0.838. The standard InChI is InChI=1S/C47H32N2/c1-2-10-37(30-48)33-21-24-40-36(27-33)23-26-44-43-25-22-34(29-46(43)49(47(40)44)38-12-4-3-5-13-38)31-17-19-32(20-18-31)45-28-35-11-6-7-14-39(35)41-15-8-9-16-42(41)45/h2-30,48H,1H2/b37-10+,48-30?.